The van der Waals surface area contributed by atoms with Crippen molar-refractivity contribution in [2.24, 2.45) is 4.99 Å². The van der Waals surface area contributed by atoms with Gasteiger partial charge in [-0.25, -0.2) is 4.99 Å². The maximum atomic E-state index is 12.3. The van der Waals surface area contributed by atoms with Crippen molar-refractivity contribution in [1.29, 1.82) is 0 Å². The van der Waals surface area contributed by atoms with Crippen molar-refractivity contribution in [2.75, 3.05) is 7.11 Å². The molecule has 2 aromatic carbocycles. The number of nitro benzene ring substituents is 1. The van der Waals surface area contributed by atoms with Crippen LogP contribution in [0.2, 0.25) is 5.02 Å². The molecule has 1 aliphatic rings. The Bertz CT molecular complexity index is 1300. The van der Waals surface area contributed by atoms with Crippen LogP contribution in [0.3, 0.4) is 0 Å². The van der Waals surface area contributed by atoms with Gasteiger partial charge >= 0.3 is 0 Å². The summed E-state index contributed by atoms with van der Waals surface area (Å²) in [4.78, 5) is 28.1. The Morgan fingerprint density at radius 1 is 1.22 bits per heavy atom. The van der Waals surface area contributed by atoms with E-state index in [1.54, 1.807) is 36.4 Å². The molecular formula is C22H16ClN3O5S. The maximum absolute atomic E-state index is 12.3. The Labute approximate surface area is 192 Å². The maximum Gasteiger partial charge on any atom is 0.284 e. The molecule has 4 rings (SSSR count). The number of aliphatic imine (C=N–C) groups is 1. The zero-order valence-corrected chi connectivity index (χ0v) is 18.5. The van der Waals surface area contributed by atoms with E-state index in [9.17, 15) is 14.9 Å². The predicted octanol–water partition coefficient (Wildman–Crippen LogP) is 5.72. The Balaban J connectivity index is 1.58. The lowest BCUT2D eigenvalue weighted by atomic mass is 10.1. The molecule has 0 atom stereocenters. The molecule has 0 bridgehead atoms. The summed E-state index contributed by atoms with van der Waals surface area (Å²) in [5, 5.41) is 15.1. The number of benzene rings is 2. The Hall–Kier alpha value is -3.56. The second-order valence-corrected chi connectivity index (χ2v) is 8.20. The molecule has 8 nitrogen and oxygen atoms in total. The van der Waals surface area contributed by atoms with Gasteiger partial charge in [-0.05, 0) is 60.6 Å². The van der Waals surface area contributed by atoms with Gasteiger partial charge in [0.1, 0.15) is 17.3 Å². The number of nitrogens with one attached hydrogen (secondary N) is 1. The van der Waals surface area contributed by atoms with Crippen LogP contribution in [-0.2, 0) is 4.79 Å². The molecule has 1 aliphatic heterocycles. The number of furan rings is 1. The molecule has 1 amide bonds. The molecule has 1 N–H and O–H groups in total. The number of carbonyl (C=O) groups is 1. The van der Waals surface area contributed by atoms with E-state index in [0.717, 1.165) is 17.3 Å². The second kappa shape index (κ2) is 8.89. The van der Waals surface area contributed by atoms with Crippen molar-refractivity contribution < 1.29 is 18.9 Å². The summed E-state index contributed by atoms with van der Waals surface area (Å²) in [5.41, 5.74) is 1.72. The van der Waals surface area contributed by atoms with Gasteiger partial charge in [-0.2, -0.15) is 0 Å². The Morgan fingerprint density at radius 2 is 2.03 bits per heavy atom. The van der Waals surface area contributed by atoms with Gasteiger partial charge in [0, 0.05) is 11.1 Å². The van der Waals surface area contributed by atoms with Gasteiger partial charge in [-0.3, -0.25) is 14.9 Å². The van der Waals surface area contributed by atoms with Crippen LogP contribution < -0.4 is 10.1 Å². The molecule has 3 aromatic rings. The third kappa shape index (κ3) is 4.53. The molecule has 1 saturated heterocycles. The first kappa shape index (κ1) is 21.7. The normalized spacial score (nSPS) is 15.9. The number of ether oxygens (including phenoxy) is 1. The summed E-state index contributed by atoms with van der Waals surface area (Å²) >= 11 is 7.29. The van der Waals surface area contributed by atoms with E-state index in [2.05, 4.69) is 10.3 Å². The minimum atomic E-state index is -0.501. The molecular weight excluding hydrogens is 454 g/mol. The molecule has 1 fully saturated rings. The fourth-order valence-electron chi connectivity index (χ4n) is 2.95. The van der Waals surface area contributed by atoms with E-state index >= 15 is 0 Å². The van der Waals surface area contributed by atoms with E-state index in [4.69, 9.17) is 20.8 Å². The average Bonchev–Trinajstić information content (AvgIpc) is 3.37. The number of aryl methyl sites for hydroxylation is 1. The largest absolute Gasteiger partial charge is 0.497 e. The summed E-state index contributed by atoms with van der Waals surface area (Å²) in [7, 11) is 1.44. The van der Waals surface area contributed by atoms with Crippen molar-refractivity contribution >= 4 is 51.9 Å². The van der Waals surface area contributed by atoms with Crippen LogP contribution in [0.15, 0.2) is 62.8 Å². The smallest absolute Gasteiger partial charge is 0.284 e. The highest BCUT2D eigenvalue weighted by molar-refractivity contribution is 8.18. The number of carbonyl (C=O) groups excluding carboxylic acids is 1. The van der Waals surface area contributed by atoms with Gasteiger partial charge in [0.25, 0.3) is 11.6 Å². The fourth-order valence-corrected chi connectivity index (χ4v) is 3.95. The summed E-state index contributed by atoms with van der Waals surface area (Å²) in [5.74, 6) is 0.732. The highest BCUT2D eigenvalue weighted by Crippen LogP contribution is 2.35. The SMILES string of the molecule is COc1ccc(-c2ccc(/C=C3\SC(=Nc4ccc(C)c(Cl)c4)NC3=O)o2)c([N+](=O)[O-])c1. The predicted molar refractivity (Wildman–Crippen MR) is 124 cm³/mol. The molecule has 162 valence electrons. The molecule has 0 unspecified atom stereocenters. The Kier molecular flexibility index (Phi) is 6.02. The molecule has 0 saturated carbocycles. The number of amidine groups is 1. The number of nitrogens with zero attached hydrogens (tertiary/aromatic N) is 2. The summed E-state index contributed by atoms with van der Waals surface area (Å²) in [6.07, 6.45) is 1.56. The third-order valence-corrected chi connectivity index (χ3v) is 5.92. The number of rotatable bonds is 5. The van der Waals surface area contributed by atoms with E-state index in [1.807, 2.05) is 19.1 Å². The highest BCUT2D eigenvalue weighted by atomic mass is 35.5. The standard InChI is InChI=1S/C22H16ClN3O5S/c1-12-3-4-13(9-17(12)23)24-22-25-21(27)20(32-22)11-15-6-8-19(31-15)16-7-5-14(30-2)10-18(16)26(28)29/h3-11H,1-2H3,(H,24,25,27)/b20-11-. The quantitative estimate of drug-likeness (QED) is 0.291. The summed E-state index contributed by atoms with van der Waals surface area (Å²) < 4.78 is 10.8. The molecule has 10 heteroatoms. The van der Waals surface area contributed by atoms with Gasteiger partial charge in [-0.15, -0.1) is 0 Å². The van der Waals surface area contributed by atoms with Crippen LogP contribution in [0, 0.1) is 17.0 Å². The van der Waals surface area contributed by atoms with E-state index in [1.165, 1.54) is 13.2 Å². The summed E-state index contributed by atoms with van der Waals surface area (Å²) in [6.45, 7) is 1.89. The number of amides is 1. The van der Waals surface area contributed by atoms with Crippen molar-refractivity contribution in [3.63, 3.8) is 0 Å². The van der Waals surface area contributed by atoms with Gasteiger partial charge < -0.3 is 14.5 Å². The van der Waals surface area contributed by atoms with Crippen LogP contribution in [0.5, 0.6) is 5.75 Å². The minimum absolute atomic E-state index is 0.142. The number of halogens is 1. The monoisotopic (exact) mass is 469 g/mol. The third-order valence-electron chi connectivity index (χ3n) is 4.60. The Morgan fingerprint density at radius 3 is 2.75 bits per heavy atom. The second-order valence-electron chi connectivity index (χ2n) is 6.76. The van der Waals surface area contributed by atoms with Crippen molar-refractivity contribution in [3.05, 3.63) is 79.9 Å². The molecule has 1 aromatic heterocycles. The van der Waals surface area contributed by atoms with Crippen molar-refractivity contribution in [2.45, 2.75) is 6.92 Å². The lowest BCUT2D eigenvalue weighted by Gasteiger charge is -2.03. The van der Waals surface area contributed by atoms with Crippen LogP contribution >= 0.6 is 23.4 Å². The topological polar surface area (TPSA) is 107 Å². The van der Waals surface area contributed by atoms with Crippen molar-refractivity contribution in [1.82, 2.24) is 5.32 Å². The molecule has 2 heterocycles. The number of thioether (sulfide) groups is 1. The summed E-state index contributed by atoms with van der Waals surface area (Å²) in [6, 6.07) is 13.1. The zero-order chi connectivity index (χ0) is 22.8. The van der Waals surface area contributed by atoms with Crippen LogP contribution in [0.1, 0.15) is 11.3 Å². The first-order valence-electron chi connectivity index (χ1n) is 9.32. The van der Waals surface area contributed by atoms with Crippen LogP contribution in [0.25, 0.3) is 17.4 Å². The van der Waals surface area contributed by atoms with Crippen LogP contribution in [0.4, 0.5) is 11.4 Å². The molecule has 0 radical (unpaired) electrons. The lowest BCUT2D eigenvalue weighted by Crippen LogP contribution is -2.19. The van der Waals surface area contributed by atoms with Gasteiger partial charge in [0.15, 0.2) is 5.17 Å². The minimum Gasteiger partial charge on any atom is -0.497 e. The van der Waals surface area contributed by atoms with E-state index < -0.39 is 4.92 Å². The number of hydrogen-bond acceptors (Lipinski definition) is 7. The van der Waals surface area contributed by atoms with Crippen LogP contribution in [-0.4, -0.2) is 23.1 Å². The first-order valence-corrected chi connectivity index (χ1v) is 10.5. The average molecular weight is 470 g/mol. The molecule has 0 spiro atoms. The van der Waals surface area contributed by atoms with Gasteiger partial charge in [0.2, 0.25) is 0 Å². The van der Waals surface area contributed by atoms with Crippen molar-refractivity contribution in [3.8, 4) is 17.1 Å². The number of methoxy groups -OCH3 is 1. The number of hydrogen-bond donors (Lipinski definition) is 1. The molecule has 0 aliphatic carbocycles. The number of nitro groups is 1. The van der Waals surface area contributed by atoms with Gasteiger partial charge in [-0.1, -0.05) is 17.7 Å². The fraction of sp³-hybridized carbons (Fsp3) is 0.0909. The first-order chi connectivity index (χ1) is 15.3. The van der Waals surface area contributed by atoms with E-state index in [-0.39, 0.29) is 11.6 Å². The zero-order valence-electron chi connectivity index (χ0n) is 16.9. The molecule has 32 heavy (non-hydrogen) atoms. The van der Waals surface area contributed by atoms with E-state index in [0.29, 0.717) is 43.6 Å². The highest BCUT2D eigenvalue weighted by Gasteiger charge is 2.25. The van der Waals surface area contributed by atoms with Gasteiger partial charge in [0.05, 0.1) is 34.3 Å². The lowest BCUT2D eigenvalue weighted by molar-refractivity contribution is -0.384.